The third-order valence-corrected chi connectivity index (χ3v) is 6.53. The maximum atomic E-state index is 13.5. The molecule has 5 heteroatoms. The molecule has 0 bridgehead atoms. The predicted molar refractivity (Wildman–Crippen MR) is 112 cm³/mol. The maximum Gasteiger partial charge on any atom is 0.246 e. The number of fused-ring (bicyclic) bond motifs is 4. The van der Waals surface area contributed by atoms with E-state index in [1.807, 2.05) is 54.3 Å². The Morgan fingerprint density at radius 2 is 1.79 bits per heavy atom. The number of H-pyrrole nitrogens is 1. The van der Waals surface area contributed by atoms with Crippen LogP contribution >= 0.6 is 0 Å². The van der Waals surface area contributed by atoms with Crippen LogP contribution in [0.15, 0.2) is 54.6 Å². The summed E-state index contributed by atoms with van der Waals surface area (Å²) in [6.45, 7) is 4.24. The first-order valence-electron chi connectivity index (χ1n) is 10.4. The summed E-state index contributed by atoms with van der Waals surface area (Å²) in [7, 11) is 0. The highest BCUT2D eigenvalue weighted by atomic mass is 16.2. The first-order chi connectivity index (χ1) is 14.1. The van der Waals surface area contributed by atoms with Gasteiger partial charge in [-0.25, -0.2) is 0 Å². The van der Waals surface area contributed by atoms with Gasteiger partial charge in [-0.1, -0.05) is 55.5 Å². The van der Waals surface area contributed by atoms with Crippen molar-refractivity contribution in [2.75, 3.05) is 6.54 Å². The zero-order valence-electron chi connectivity index (χ0n) is 16.8. The molecular weight excluding hydrogens is 362 g/mol. The van der Waals surface area contributed by atoms with Gasteiger partial charge in [0.1, 0.15) is 12.6 Å². The number of rotatable bonds is 3. The zero-order chi connectivity index (χ0) is 20.1. The Hall–Kier alpha value is -3.08. The number of hydrogen-bond acceptors (Lipinski definition) is 2. The lowest BCUT2D eigenvalue weighted by Crippen LogP contribution is -2.64. The molecule has 0 spiro atoms. The molecule has 5 rings (SSSR count). The van der Waals surface area contributed by atoms with Crippen molar-refractivity contribution in [1.29, 1.82) is 0 Å². The van der Waals surface area contributed by atoms with Gasteiger partial charge in [0.05, 0.1) is 6.04 Å². The first-order valence-corrected chi connectivity index (χ1v) is 10.4. The quantitative estimate of drug-likeness (QED) is 0.746. The van der Waals surface area contributed by atoms with Gasteiger partial charge >= 0.3 is 0 Å². The number of piperazine rings is 1. The van der Waals surface area contributed by atoms with Gasteiger partial charge in [0.15, 0.2) is 0 Å². The van der Waals surface area contributed by atoms with E-state index in [2.05, 4.69) is 24.0 Å². The minimum Gasteiger partial charge on any atom is -0.356 e. The SMILES string of the molecule is CCC(C)N1CC(=O)N2C(Cc3c([nH]c4ccccc34)C2c2ccccc2)C1=O. The molecule has 2 amide bonds. The van der Waals surface area contributed by atoms with Crippen molar-refractivity contribution >= 4 is 22.7 Å². The molecule has 1 N–H and O–H groups in total. The van der Waals surface area contributed by atoms with Crippen LogP contribution in [-0.2, 0) is 16.0 Å². The molecular formula is C24H25N3O2. The molecule has 3 aromatic rings. The Morgan fingerprint density at radius 1 is 1.07 bits per heavy atom. The number of nitrogens with one attached hydrogen (secondary N) is 1. The molecule has 2 aromatic carbocycles. The summed E-state index contributed by atoms with van der Waals surface area (Å²) in [6.07, 6.45) is 1.40. The van der Waals surface area contributed by atoms with Gasteiger partial charge in [-0.2, -0.15) is 0 Å². The molecule has 5 nitrogen and oxygen atoms in total. The molecule has 1 fully saturated rings. The van der Waals surface area contributed by atoms with Crippen molar-refractivity contribution in [1.82, 2.24) is 14.8 Å². The van der Waals surface area contributed by atoms with Crippen molar-refractivity contribution in [3.8, 4) is 0 Å². The number of carbonyl (C=O) groups is 2. The van der Waals surface area contributed by atoms with Gasteiger partial charge in [0, 0.05) is 29.1 Å². The van der Waals surface area contributed by atoms with Gasteiger partial charge in [-0.3, -0.25) is 9.59 Å². The minimum atomic E-state index is -0.456. The maximum absolute atomic E-state index is 13.5. The van der Waals surface area contributed by atoms with Gasteiger partial charge in [0.2, 0.25) is 11.8 Å². The van der Waals surface area contributed by atoms with Crippen LogP contribution < -0.4 is 0 Å². The molecule has 29 heavy (non-hydrogen) atoms. The van der Waals surface area contributed by atoms with Crippen LogP contribution in [-0.4, -0.2) is 45.2 Å². The lowest BCUT2D eigenvalue weighted by molar-refractivity contribution is -0.160. The molecule has 148 valence electrons. The summed E-state index contributed by atoms with van der Waals surface area (Å²) >= 11 is 0. The minimum absolute atomic E-state index is 0.0214. The van der Waals surface area contributed by atoms with Crippen LogP contribution in [0, 0.1) is 0 Å². The van der Waals surface area contributed by atoms with E-state index >= 15 is 0 Å². The third kappa shape index (κ3) is 2.68. The van der Waals surface area contributed by atoms with E-state index in [-0.39, 0.29) is 30.4 Å². The molecule has 3 heterocycles. The average Bonchev–Trinajstić information content (AvgIpc) is 3.13. The lowest BCUT2D eigenvalue weighted by Gasteiger charge is -2.48. The van der Waals surface area contributed by atoms with E-state index in [0.717, 1.165) is 34.1 Å². The molecule has 1 saturated heterocycles. The lowest BCUT2D eigenvalue weighted by atomic mass is 9.86. The Bertz CT molecular complexity index is 1090. The molecule has 3 atom stereocenters. The summed E-state index contributed by atoms with van der Waals surface area (Å²) in [5, 5.41) is 1.14. The number of para-hydroxylation sites is 1. The second-order valence-corrected chi connectivity index (χ2v) is 8.12. The summed E-state index contributed by atoms with van der Waals surface area (Å²) in [5.74, 6) is 0.0869. The standard InChI is InChI=1S/C24H25N3O2/c1-3-15(2)26-14-21(28)27-20(24(26)29)13-18-17-11-7-8-12-19(17)25-22(18)23(27)16-9-5-4-6-10-16/h4-12,15,20,23,25H,3,13-14H2,1-2H3. The Kier molecular flexibility index (Phi) is 4.19. The fourth-order valence-corrected chi connectivity index (χ4v) is 4.86. The highest BCUT2D eigenvalue weighted by Gasteiger charge is 2.48. The van der Waals surface area contributed by atoms with Crippen molar-refractivity contribution < 1.29 is 9.59 Å². The predicted octanol–water partition coefficient (Wildman–Crippen LogP) is 3.65. The zero-order valence-corrected chi connectivity index (χ0v) is 16.8. The van der Waals surface area contributed by atoms with Crippen LogP contribution in [0.1, 0.15) is 43.1 Å². The fourth-order valence-electron chi connectivity index (χ4n) is 4.86. The smallest absolute Gasteiger partial charge is 0.246 e. The third-order valence-electron chi connectivity index (χ3n) is 6.53. The number of amides is 2. The van der Waals surface area contributed by atoms with Gasteiger partial charge in [-0.05, 0) is 30.5 Å². The topological polar surface area (TPSA) is 56.4 Å². The average molecular weight is 387 g/mol. The van der Waals surface area contributed by atoms with E-state index in [0.29, 0.717) is 6.42 Å². The normalized spacial score (nSPS) is 22.6. The molecule has 2 aliphatic heterocycles. The fraction of sp³-hybridized carbons (Fsp3) is 0.333. The summed E-state index contributed by atoms with van der Waals surface area (Å²) in [6, 6.07) is 17.6. The molecule has 2 aliphatic rings. The van der Waals surface area contributed by atoms with Crippen LogP contribution in [0.4, 0.5) is 0 Å². The molecule has 0 radical (unpaired) electrons. The van der Waals surface area contributed by atoms with Crippen LogP contribution in [0.25, 0.3) is 10.9 Å². The van der Waals surface area contributed by atoms with E-state index in [1.165, 1.54) is 0 Å². The van der Waals surface area contributed by atoms with Crippen LogP contribution in [0.5, 0.6) is 0 Å². The molecule has 0 saturated carbocycles. The van der Waals surface area contributed by atoms with Crippen LogP contribution in [0.3, 0.4) is 0 Å². The summed E-state index contributed by atoms with van der Waals surface area (Å²) < 4.78 is 0. The van der Waals surface area contributed by atoms with Crippen molar-refractivity contribution in [3.05, 3.63) is 71.4 Å². The molecule has 0 aliphatic carbocycles. The first kappa shape index (κ1) is 18.0. The van der Waals surface area contributed by atoms with E-state index in [1.54, 1.807) is 4.90 Å². The molecule has 1 aromatic heterocycles. The Morgan fingerprint density at radius 3 is 2.55 bits per heavy atom. The Balaban J connectivity index is 1.70. The second kappa shape index (κ2) is 6.76. The number of nitrogens with zero attached hydrogens (tertiary/aromatic N) is 2. The van der Waals surface area contributed by atoms with Crippen molar-refractivity contribution in [2.24, 2.45) is 0 Å². The number of carbonyl (C=O) groups excluding carboxylic acids is 2. The molecule has 3 unspecified atom stereocenters. The van der Waals surface area contributed by atoms with E-state index in [9.17, 15) is 9.59 Å². The van der Waals surface area contributed by atoms with Crippen molar-refractivity contribution in [3.63, 3.8) is 0 Å². The van der Waals surface area contributed by atoms with Gasteiger partial charge < -0.3 is 14.8 Å². The van der Waals surface area contributed by atoms with Crippen molar-refractivity contribution in [2.45, 2.75) is 44.8 Å². The number of aromatic amines is 1. The number of aromatic nitrogens is 1. The number of hydrogen-bond donors (Lipinski definition) is 1. The second-order valence-electron chi connectivity index (χ2n) is 8.12. The highest BCUT2D eigenvalue weighted by molar-refractivity contribution is 5.97. The van der Waals surface area contributed by atoms with Gasteiger partial charge in [0.25, 0.3) is 0 Å². The van der Waals surface area contributed by atoms with Gasteiger partial charge in [-0.15, -0.1) is 0 Å². The van der Waals surface area contributed by atoms with E-state index in [4.69, 9.17) is 0 Å². The Labute approximate surface area is 170 Å². The monoisotopic (exact) mass is 387 g/mol. The van der Waals surface area contributed by atoms with Crippen LogP contribution in [0.2, 0.25) is 0 Å². The largest absolute Gasteiger partial charge is 0.356 e. The van der Waals surface area contributed by atoms with E-state index < -0.39 is 6.04 Å². The summed E-state index contributed by atoms with van der Waals surface area (Å²) in [5.41, 5.74) is 4.27. The summed E-state index contributed by atoms with van der Waals surface area (Å²) in [4.78, 5) is 34.0. The number of benzene rings is 2. The highest BCUT2D eigenvalue weighted by Crippen LogP contribution is 2.42.